The highest BCUT2D eigenvalue weighted by Crippen LogP contribution is 2.19. The van der Waals surface area contributed by atoms with Gasteiger partial charge in [-0.1, -0.05) is 6.92 Å². The van der Waals surface area contributed by atoms with Crippen LogP contribution in [0.1, 0.15) is 43.6 Å². The van der Waals surface area contributed by atoms with E-state index in [0.717, 1.165) is 0 Å². The van der Waals surface area contributed by atoms with Crippen molar-refractivity contribution in [2.75, 3.05) is 0 Å². The normalized spacial score (nSPS) is 12.5. The molecule has 2 atom stereocenters. The summed E-state index contributed by atoms with van der Waals surface area (Å²) in [6.45, 7) is 3.47. The van der Waals surface area contributed by atoms with Gasteiger partial charge in [-0.15, -0.1) is 0 Å². The summed E-state index contributed by atoms with van der Waals surface area (Å²) >= 11 is 0. The van der Waals surface area contributed by atoms with Gasteiger partial charge >= 0.3 is 0 Å². The van der Waals surface area contributed by atoms with E-state index in [2.05, 4.69) is 0 Å². The maximum atomic E-state index is 10.3. The van der Waals surface area contributed by atoms with Crippen molar-refractivity contribution in [3.8, 4) is 0 Å². The number of rotatable bonds is 5. The Hall–Kier alpha value is -2.84. The molecule has 2 aromatic carbocycles. The Labute approximate surface area is 144 Å². The Bertz CT molecular complexity index is 698. The van der Waals surface area contributed by atoms with Crippen LogP contribution >= 0.6 is 0 Å². The zero-order chi connectivity index (χ0) is 19.0. The van der Waals surface area contributed by atoms with Crippen molar-refractivity contribution in [1.82, 2.24) is 0 Å². The molecule has 0 saturated carbocycles. The first-order valence-corrected chi connectivity index (χ1v) is 7.61. The number of non-ortho nitro benzene ring substituents is 2. The molecule has 25 heavy (non-hydrogen) atoms. The summed E-state index contributed by atoms with van der Waals surface area (Å²) < 4.78 is 0. The summed E-state index contributed by atoms with van der Waals surface area (Å²) in [6, 6.07) is 11.8. The van der Waals surface area contributed by atoms with E-state index in [-0.39, 0.29) is 11.4 Å². The molecule has 0 aliphatic carbocycles. The predicted molar refractivity (Wildman–Crippen MR) is 92.1 cm³/mol. The van der Waals surface area contributed by atoms with Crippen LogP contribution in [0.15, 0.2) is 48.5 Å². The fourth-order valence-corrected chi connectivity index (χ4v) is 1.93. The first-order chi connectivity index (χ1) is 11.8. The molecular formula is C17H20N2O6. The molecule has 0 aliphatic rings. The first-order valence-electron chi connectivity index (χ1n) is 7.61. The van der Waals surface area contributed by atoms with E-state index in [4.69, 9.17) is 5.11 Å². The van der Waals surface area contributed by atoms with Crippen molar-refractivity contribution in [3.63, 3.8) is 0 Å². The second-order valence-corrected chi connectivity index (χ2v) is 5.30. The van der Waals surface area contributed by atoms with E-state index in [1.807, 2.05) is 6.92 Å². The number of nitro groups is 2. The maximum Gasteiger partial charge on any atom is 0.269 e. The summed E-state index contributed by atoms with van der Waals surface area (Å²) in [7, 11) is 0. The largest absolute Gasteiger partial charge is 0.389 e. The molecule has 0 aliphatic heterocycles. The van der Waals surface area contributed by atoms with Crippen LogP contribution in [0.25, 0.3) is 0 Å². The third-order valence-electron chi connectivity index (χ3n) is 3.46. The lowest BCUT2D eigenvalue weighted by atomic mass is 10.1. The van der Waals surface area contributed by atoms with Gasteiger partial charge in [0.25, 0.3) is 11.4 Å². The number of benzene rings is 2. The lowest BCUT2D eigenvalue weighted by Gasteiger charge is -2.06. The van der Waals surface area contributed by atoms with Crippen molar-refractivity contribution < 1.29 is 20.1 Å². The Morgan fingerprint density at radius 3 is 1.48 bits per heavy atom. The van der Waals surface area contributed by atoms with Gasteiger partial charge in [0.2, 0.25) is 0 Å². The summed E-state index contributed by atoms with van der Waals surface area (Å²) in [6.07, 6.45) is -0.496. The highest BCUT2D eigenvalue weighted by Gasteiger charge is 2.08. The Kier molecular flexibility index (Phi) is 7.64. The van der Waals surface area contributed by atoms with E-state index in [9.17, 15) is 25.3 Å². The molecule has 0 heterocycles. The zero-order valence-electron chi connectivity index (χ0n) is 13.9. The molecule has 0 aromatic heterocycles. The van der Waals surface area contributed by atoms with Crippen LogP contribution in [-0.2, 0) is 0 Å². The van der Waals surface area contributed by atoms with Crippen molar-refractivity contribution in [2.45, 2.75) is 32.5 Å². The van der Waals surface area contributed by atoms with Crippen molar-refractivity contribution in [3.05, 3.63) is 79.9 Å². The zero-order valence-corrected chi connectivity index (χ0v) is 13.9. The van der Waals surface area contributed by atoms with E-state index >= 15 is 0 Å². The molecule has 2 N–H and O–H groups in total. The molecule has 0 bridgehead atoms. The standard InChI is InChI=1S/C9H11NO3.C8H9NO3/c1-2-9(11)7-3-5-8(6-4-7)10(12)13;1-6(10)7-2-4-8(5-3-7)9(11)12/h3-6,9,11H,2H2,1H3;2-6,10H,1H3. The van der Waals surface area contributed by atoms with Gasteiger partial charge in [0.05, 0.1) is 22.1 Å². The van der Waals surface area contributed by atoms with Crippen molar-refractivity contribution >= 4 is 11.4 Å². The second-order valence-electron chi connectivity index (χ2n) is 5.30. The summed E-state index contributed by atoms with van der Waals surface area (Å²) in [4.78, 5) is 19.6. The maximum absolute atomic E-state index is 10.3. The number of nitro benzene ring substituents is 2. The average Bonchev–Trinajstić information content (AvgIpc) is 2.61. The van der Waals surface area contributed by atoms with Crippen LogP contribution in [0.5, 0.6) is 0 Å². The van der Waals surface area contributed by atoms with Crippen molar-refractivity contribution in [1.29, 1.82) is 0 Å². The number of aliphatic hydroxyl groups excluding tert-OH is 2. The van der Waals surface area contributed by atoms with Crippen LogP contribution in [-0.4, -0.2) is 20.1 Å². The van der Waals surface area contributed by atoms with E-state index in [1.54, 1.807) is 31.2 Å². The second kappa shape index (κ2) is 9.45. The Balaban J connectivity index is 0.000000251. The van der Waals surface area contributed by atoms with E-state index in [0.29, 0.717) is 17.5 Å². The van der Waals surface area contributed by atoms with E-state index < -0.39 is 22.1 Å². The van der Waals surface area contributed by atoms with Gasteiger partial charge in [-0.2, -0.15) is 0 Å². The van der Waals surface area contributed by atoms with Crippen LogP contribution in [0, 0.1) is 20.2 Å². The third-order valence-corrected chi connectivity index (χ3v) is 3.46. The molecule has 0 spiro atoms. The molecule has 0 saturated heterocycles. The summed E-state index contributed by atoms with van der Waals surface area (Å²) in [5, 5.41) is 39.0. The first kappa shape index (κ1) is 20.2. The van der Waals surface area contributed by atoms with Crippen LogP contribution < -0.4 is 0 Å². The molecule has 0 radical (unpaired) electrons. The quantitative estimate of drug-likeness (QED) is 0.626. The number of hydrogen-bond donors (Lipinski definition) is 2. The number of nitrogens with zero attached hydrogens (tertiary/aromatic N) is 2. The van der Waals surface area contributed by atoms with Gasteiger partial charge in [-0.05, 0) is 48.7 Å². The van der Waals surface area contributed by atoms with Gasteiger partial charge in [-0.25, -0.2) is 0 Å². The molecular weight excluding hydrogens is 328 g/mol. The minimum atomic E-state index is -0.578. The van der Waals surface area contributed by atoms with Gasteiger partial charge in [0.1, 0.15) is 0 Å². The third kappa shape index (κ3) is 6.28. The topological polar surface area (TPSA) is 127 Å². The van der Waals surface area contributed by atoms with Gasteiger partial charge in [-0.3, -0.25) is 20.2 Å². The molecule has 2 rings (SSSR count). The summed E-state index contributed by atoms with van der Waals surface area (Å²) in [5.74, 6) is 0. The Morgan fingerprint density at radius 1 is 0.840 bits per heavy atom. The highest BCUT2D eigenvalue weighted by molar-refractivity contribution is 5.34. The lowest BCUT2D eigenvalue weighted by molar-refractivity contribution is -0.385. The Morgan fingerprint density at radius 2 is 1.20 bits per heavy atom. The minimum absolute atomic E-state index is 0.0411. The van der Waals surface area contributed by atoms with Crippen LogP contribution in [0.4, 0.5) is 11.4 Å². The van der Waals surface area contributed by atoms with Crippen LogP contribution in [0.2, 0.25) is 0 Å². The minimum Gasteiger partial charge on any atom is -0.389 e. The lowest BCUT2D eigenvalue weighted by Crippen LogP contribution is -1.95. The van der Waals surface area contributed by atoms with Gasteiger partial charge in [0, 0.05) is 24.3 Å². The smallest absolute Gasteiger partial charge is 0.269 e. The summed E-state index contributed by atoms with van der Waals surface area (Å²) in [5.41, 5.74) is 1.49. The van der Waals surface area contributed by atoms with Crippen molar-refractivity contribution in [2.24, 2.45) is 0 Å². The van der Waals surface area contributed by atoms with E-state index in [1.165, 1.54) is 24.3 Å². The SMILES string of the molecule is CC(O)c1ccc([N+](=O)[O-])cc1.CCC(O)c1ccc([N+](=O)[O-])cc1. The fourth-order valence-electron chi connectivity index (χ4n) is 1.93. The molecule has 2 aromatic rings. The number of aliphatic hydroxyl groups is 2. The monoisotopic (exact) mass is 348 g/mol. The number of hydrogen-bond acceptors (Lipinski definition) is 6. The van der Waals surface area contributed by atoms with Gasteiger partial charge < -0.3 is 10.2 Å². The molecule has 0 amide bonds. The molecule has 2 unspecified atom stereocenters. The van der Waals surface area contributed by atoms with Crippen LogP contribution in [0.3, 0.4) is 0 Å². The highest BCUT2D eigenvalue weighted by atomic mass is 16.6. The molecule has 0 fully saturated rings. The average molecular weight is 348 g/mol. The molecule has 8 heteroatoms. The van der Waals surface area contributed by atoms with Gasteiger partial charge in [0.15, 0.2) is 0 Å². The molecule has 134 valence electrons. The molecule has 8 nitrogen and oxygen atoms in total. The fraction of sp³-hybridized carbons (Fsp3) is 0.294. The predicted octanol–water partition coefficient (Wildman–Crippen LogP) is 3.69.